The Bertz CT molecular complexity index is 417. The first-order valence-corrected chi connectivity index (χ1v) is 6.81. The van der Waals surface area contributed by atoms with Crippen LogP contribution in [0.3, 0.4) is 0 Å². The van der Waals surface area contributed by atoms with E-state index in [1.165, 1.54) is 0 Å². The fourth-order valence-corrected chi connectivity index (χ4v) is 3.13. The fraction of sp³-hybridized carbons (Fsp3) is 0.667. The lowest BCUT2D eigenvalue weighted by atomic mass is 10.0. The van der Waals surface area contributed by atoms with Gasteiger partial charge in [0, 0.05) is 11.4 Å². The molecule has 1 N–H and O–H groups in total. The molecule has 2 rings (SSSR count). The lowest BCUT2D eigenvalue weighted by molar-refractivity contribution is 0.0497. The minimum Gasteiger partial charge on any atom is -0.394 e. The molecule has 0 saturated carbocycles. The molecule has 5 heteroatoms. The molecule has 1 atom stereocenters. The monoisotopic (exact) mass is 254 g/mol. The molecule has 0 bridgehead atoms. The second kappa shape index (κ2) is 5.14. The van der Waals surface area contributed by atoms with Gasteiger partial charge >= 0.3 is 0 Å². The lowest BCUT2D eigenvalue weighted by Crippen LogP contribution is -2.45. The number of piperidine rings is 1. The van der Waals surface area contributed by atoms with Crippen molar-refractivity contribution in [3.05, 3.63) is 15.6 Å². The standard InChI is InChI=1S/C12H18N2O2S/c1-8-11(13-9(2)17-8)12(16)14-6-4-3-5-10(14)7-15/h10,15H,3-7H2,1-2H3. The molecule has 1 fully saturated rings. The van der Waals surface area contributed by atoms with E-state index in [4.69, 9.17) is 0 Å². The molecule has 0 radical (unpaired) electrons. The summed E-state index contributed by atoms with van der Waals surface area (Å²) < 4.78 is 0. The molecule has 2 heterocycles. The van der Waals surface area contributed by atoms with Crippen LogP contribution >= 0.6 is 11.3 Å². The first kappa shape index (κ1) is 12.5. The van der Waals surface area contributed by atoms with E-state index in [2.05, 4.69) is 4.98 Å². The highest BCUT2D eigenvalue weighted by Gasteiger charge is 2.29. The van der Waals surface area contributed by atoms with Crippen molar-refractivity contribution in [3.63, 3.8) is 0 Å². The van der Waals surface area contributed by atoms with Crippen molar-refractivity contribution in [2.24, 2.45) is 0 Å². The number of hydrogen-bond acceptors (Lipinski definition) is 4. The number of carbonyl (C=O) groups excluding carboxylic acids is 1. The molecule has 17 heavy (non-hydrogen) atoms. The van der Waals surface area contributed by atoms with E-state index in [1.54, 1.807) is 16.2 Å². The number of aromatic nitrogens is 1. The zero-order valence-corrected chi connectivity index (χ0v) is 11.1. The van der Waals surface area contributed by atoms with Crippen molar-refractivity contribution in [2.45, 2.75) is 39.2 Å². The second-order valence-electron chi connectivity index (χ2n) is 4.47. The predicted octanol–water partition coefficient (Wildman–Crippen LogP) is 1.75. The van der Waals surface area contributed by atoms with Crippen LogP contribution in [0.1, 0.15) is 39.6 Å². The summed E-state index contributed by atoms with van der Waals surface area (Å²) in [7, 11) is 0. The summed E-state index contributed by atoms with van der Waals surface area (Å²) in [5.74, 6) is -0.0226. The van der Waals surface area contributed by atoms with Crippen LogP contribution in [0.15, 0.2) is 0 Å². The highest BCUT2D eigenvalue weighted by molar-refractivity contribution is 7.11. The number of carbonyl (C=O) groups is 1. The average Bonchev–Trinajstić information content (AvgIpc) is 2.67. The first-order chi connectivity index (χ1) is 8.13. The van der Waals surface area contributed by atoms with Gasteiger partial charge in [-0.1, -0.05) is 0 Å². The summed E-state index contributed by atoms with van der Waals surface area (Å²) in [5, 5.41) is 10.2. The number of rotatable bonds is 2. The van der Waals surface area contributed by atoms with Crippen molar-refractivity contribution in [3.8, 4) is 0 Å². The van der Waals surface area contributed by atoms with Crippen LogP contribution in [0.25, 0.3) is 0 Å². The van der Waals surface area contributed by atoms with Gasteiger partial charge in [0.15, 0.2) is 0 Å². The summed E-state index contributed by atoms with van der Waals surface area (Å²) in [6.07, 6.45) is 3.00. The molecule has 1 unspecified atom stereocenters. The Labute approximate surface area is 105 Å². The van der Waals surface area contributed by atoms with Crippen LogP contribution in [-0.2, 0) is 0 Å². The SMILES string of the molecule is Cc1nc(C(=O)N2CCCCC2CO)c(C)s1. The zero-order valence-electron chi connectivity index (χ0n) is 10.3. The molecule has 0 aliphatic carbocycles. The minimum atomic E-state index is -0.0299. The number of hydrogen-bond donors (Lipinski definition) is 1. The smallest absolute Gasteiger partial charge is 0.273 e. The third-order valence-electron chi connectivity index (χ3n) is 3.20. The second-order valence-corrected chi connectivity index (χ2v) is 5.88. The fourth-order valence-electron chi connectivity index (χ4n) is 2.32. The number of aliphatic hydroxyl groups is 1. The average molecular weight is 254 g/mol. The van der Waals surface area contributed by atoms with E-state index in [-0.39, 0.29) is 18.6 Å². The maximum atomic E-state index is 12.4. The molecule has 94 valence electrons. The van der Waals surface area contributed by atoms with Crippen molar-refractivity contribution in [1.82, 2.24) is 9.88 Å². The molecule has 1 amide bonds. The van der Waals surface area contributed by atoms with Crippen molar-refractivity contribution < 1.29 is 9.90 Å². The Balaban J connectivity index is 2.21. The summed E-state index contributed by atoms with van der Waals surface area (Å²) >= 11 is 1.55. The van der Waals surface area contributed by atoms with Crippen molar-refractivity contribution in [1.29, 1.82) is 0 Å². The van der Waals surface area contributed by atoms with Gasteiger partial charge in [-0.25, -0.2) is 4.98 Å². The van der Waals surface area contributed by atoms with Gasteiger partial charge in [0.2, 0.25) is 0 Å². The summed E-state index contributed by atoms with van der Waals surface area (Å²) in [5.41, 5.74) is 0.563. The quantitative estimate of drug-likeness (QED) is 0.874. The molecular weight excluding hydrogens is 236 g/mol. The number of aliphatic hydroxyl groups excluding tert-OH is 1. The van der Waals surface area contributed by atoms with E-state index in [9.17, 15) is 9.90 Å². The maximum Gasteiger partial charge on any atom is 0.273 e. The Kier molecular flexibility index (Phi) is 3.79. The van der Waals surface area contributed by atoms with E-state index in [0.29, 0.717) is 5.69 Å². The molecule has 1 aliphatic rings. The molecule has 0 spiro atoms. The number of amides is 1. The highest BCUT2D eigenvalue weighted by Crippen LogP contribution is 2.23. The van der Waals surface area contributed by atoms with Gasteiger partial charge in [-0.3, -0.25) is 4.79 Å². The Morgan fingerprint density at radius 2 is 2.29 bits per heavy atom. The molecule has 4 nitrogen and oxygen atoms in total. The van der Waals surface area contributed by atoms with Crippen LogP contribution in [-0.4, -0.2) is 40.1 Å². The normalized spacial score (nSPS) is 20.6. The van der Waals surface area contributed by atoms with Gasteiger partial charge in [0.05, 0.1) is 17.7 Å². The highest BCUT2D eigenvalue weighted by atomic mass is 32.1. The molecule has 1 saturated heterocycles. The van der Waals surface area contributed by atoms with Crippen LogP contribution in [0.5, 0.6) is 0 Å². The van der Waals surface area contributed by atoms with E-state index in [1.807, 2.05) is 13.8 Å². The Morgan fingerprint density at radius 1 is 1.53 bits per heavy atom. The topological polar surface area (TPSA) is 53.4 Å². The lowest BCUT2D eigenvalue weighted by Gasteiger charge is -2.34. The molecule has 1 aromatic rings. The number of likely N-dealkylation sites (tertiary alicyclic amines) is 1. The first-order valence-electron chi connectivity index (χ1n) is 5.99. The van der Waals surface area contributed by atoms with Crippen LogP contribution in [0, 0.1) is 13.8 Å². The summed E-state index contributed by atoms with van der Waals surface area (Å²) in [6.45, 7) is 4.62. The van der Waals surface area contributed by atoms with Crippen LogP contribution < -0.4 is 0 Å². The van der Waals surface area contributed by atoms with Crippen molar-refractivity contribution >= 4 is 17.2 Å². The maximum absolute atomic E-state index is 12.4. The molecule has 1 aliphatic heterocycles. The Hall–Kier alpha value is -0.940. The van der Waals surface area contributed by atoms with Gasteiger partial charge in [-0.2, -0.15) is 0 Å². The third-order valence-corrected chi connectivity index (χ3v) is 4.09. The van der Waals surface area contributed by atoms with Gasteiger partial charge in [-0.05, 0) is 33.1 Å². The van der Waals surface area contributed by atoms with Crippen LogP contribution in [0.4, 0.5) is 0 Å². The third kappa shape index (κ3) is 2.50. The minimum absolute atomic E-state index is 0.0226. The molecular formula is C12H18N2O2S. The summed E-state index contributed by atoms with van der Waals surface area (Å²) in [6, 6.07) is -0.0299. The van der Waals surface area contributed by atoms with Gasteiger partial charge in [0.25, 0.3) is 5.91 Å². The van der Waals surface area contributed by atoms with Gasteiger partial charge < -0.3 is 10.0 Å². The van der Waals surface area contributed by atoms with E-state index in [0.717, 1.165) is 35.7 Å². The van der Waals surface area contributed by atoms with Crippen molar-refractivity contribution in [2.75, 3.05) is 13.2 Å². The van der Waals surface area contributed by atoms with Gasteiger partial charge in [0.1, 0.15) is 5.69 Å². The van der Waals surface area contributed by atoms with E-state index < -0.39 is 0 Å². The largest absolute Gasteiger partial charge is 0.394 e. The summed E-state index contributed by atoms with van der Waals surface area (Å²) in [4.78, 5) is 19.4. The Morgan fingerprint density at radius 3 is 2.88 bits per heavy atom. The number of thiazole rings is 1. The number of nitrogens with zero attached hydrogens (tertiary/aromatic N) is 2. The predicted molar refractivity (Wildman–Crippen MR) is 67.3 cm³/mol. The number of aryl methyl sites for hydroxylation is 2. The molecule has 0 aromatic carbocycles. The van der Waals surface area contributed by atoms with Gasteiger partial charge in [-0.15, -0.1) is 11.3 Å². The zero-order chi connectivity index (χ0) is 12.4. The molecule has 1 aromatic heterocycles. The van der Waals surface area contributed by atoms with E-state index >= 15 is 0 Å². The van der Waals surface area contributed by atoms with Crippen LogP contribution in [0.2, 0.25) is 0 Å².